The number of carbonyl (C=O) groups is 2. The summed E-state index contributed by atoms with van der Waals surface area (Å²) in [6.07, 6.45) is 5.66. The molecule has 6 nitrogen and oxygen atoms in total. The highest BCUT2D eigenvalue weighted by Gasteiger charge is 2.12. The molecule has 0 saturated heterocycles. The van der Waals surface area contributed by atoms with Gasteiger partial charge < -0.3 is 15.5 Å². The Kier molecular flexibility index (Phi) is 11.5. The Morgan fingerprint density at radius 1 is 1.33 bits per heavy atom. The molecule has 0 fully saturated rings. The van der Waals surface area contributed by atoms with Crippen LogP contribution in [0.3, 0.4) is 0 Å². The lowest BCUT2D eigenvalue weighted by atomic mass is 10.1. The molecule has 1 atom stereocenters. The van der Waals surface area contributed by atoms with E-state index in [1.54, 1.807) is 11.8 Å². The van der Waals surface area contributed by atoms with Crippen molar-refractivity contribution in [1.29, 1.82) is 0 Å². The van der Waals surface area contributed by atoms with Crippen LogP contribution < -0.4 is 5.32 Å². The van der Waals surface area contributed by atoms with Crippen molar-refractivity contribution in [3.63, 3.8) is 0 Å². The fraction of sp³-hybridized carbons (Fsp3) is 0.733. The standard InChI is InChI=1S/C15H28N2O4/c1-3-4-5-6-7-8-14(19)16-9-10-17(11-13(2)18)12-15(20)21/h3,13,18H,1,4-12H2,2H3,(H,16,19)(H,20,21). The zero-order chi connectivity index (χ0) is 16.1. The number of nitrogens with one attached hydrogen (secondary N) is 1. The molecule has 0 aromatic heterocycles. The summed E-state index contributed by atoms with van der Waals surface area (Å²) < 4.78 is 0. The van der Waals surface area contributed by atoms with Crippen LogP contribution in [-0.4, -0.2) is 59.3 Å². The average Bonchev–Trinajstić information content (AvgIpc) is 2.37. The van der Waals surface area contributed by atoms with Crippen molar-refractivity contribution >= 4 is 11.9 Å². The zero-order valence-corrected chi connectivity index (χ0v) is 12.9. The number of allylic oxidation sites excluding steroid dienone is 1. The maximum atomic E-state index is 11.6. The van der Waals surface area contributed by atoms with Gasteiger partial charge in [0, 0.05) is 26.1 Å². The van der Waals surface area contributed by atoms with Crippen LogP contribution in [0.25, 0.3) is 0 Å². The number of carboxylic acid groups (broad SMARTS) is 1. The summed E-state index contributed by atoms with van der Waals surface area (Å²) in [5.74, 6) is -0.954. The van der Waals surface area contributed by atoms with Crippen LogP contribution in [0, 0.1) is 0 Å². The third-order valence-corrected chi connectivity index (χ3v) is 2.94. The number of hydrogen-bond acceptors (Lipinski definition) is 4. The number of amides is 1. The van der Waals surface area contributed by atoms with Gasteiger partial charge in [-0.1, -0.05) is 12.5 Å². The van der Waals surface area contributed by atoms with Crippen molar-refractivity contribution in [2.24, 2.45) is 0 Å². The normalized spacial score (nSPS) is 12.1. The second kappa shape index (κ2) is 12.3. The van der Waals surface area contributed by atoms with Gasteiger partial charge in [0.05, 0.1) is 12.6 Å². The molecule has 0 heterocycles. The number of rotatable bonds is 13. The molecule has 0 aliphatic rings. The molecule has 0 aromatic carbocycles. The average molecular weight is 300 g/mol. The maximum Gasteiger partial charge on any atom is 0.317 e. The monoisotopic (exact) mass is 300 g/mol. The molecule has 0 aliphatic heterocycles. The molecule has 122 valence electrons. The Hall–Kier alpha value is -1.40. The molecule has 0 aliphatic carbocycles. The molecule has 0 radical (unpaired) electrons. The third kappa shape index (κ3) is 13.3. The smallest absolute Gasteiger partial charge is 0.317 e. The Morgan fingerprint density at radius 3 is 2.62 bits per heavy atom. The second-order valence-electron chi connectivity index (χ2n) is 5.22. The number of aliphatic hydroxyl groups excluding tert-OH is 1. The van der Waals surface area contributed by atoms with Crippen molar-refractivity contribution in [3.8, 4) is 0 Å². The first-order valence-corrected chi connectivity index (χ1v) is 7.45. The first-order chi connectivity index (χ1) is 9.95. The number of nitrogens with zero attached hydrogens (tertiary/aromatic N) is 1. The van der Waals surface area contributed by atoms with Crippen LogP contribution in [0.5, 0.6) is 0 Å². The molecular weight excluding hydrogens is 272 g/mol. The van der Waals surface area contributed by atoms with E-state index in [0.717, 1.165) is 25.7 Å². The number of carboxylic acids is 1. The first-order valence-electron chi connectivity index (χ1n) is 7.45. The number of unbranched alkanes of at least 4 members (excludes halogenated alkanes) is 3. The molecule has 6 heteroatoms. The van der Waals surface area contributed by atoms with Crippen LogP contribution in [0.2, 0.25) is 0 Å². The Bertz CT molecular complexity index is 319. The Balaban J connectivity index is 3.78. The SMILES string of the molecule is C=CCCCCCC(=O)NCCN(CC(=O)O)CC(C)O. The fourth-order valence-electron chi connectivity index (χ4n) is 1.99. The van der Waals surface area contributed by atoms with Gasteiger partial charge in [-0.3, -0.25) is 14.5 Å². The highest BCUT2D eigenvalue weighted by atomic mass is 16.4. The lowest BCUT2D eigenvalue weighted by molar-refractivity contribution is -0.138. The van der Waals surface area contributed by atoms with Crippen molar-refractivity contribution < 1.29 is 19.8 Å². The molecule has 1 amide bonds. The van der Waals surface area contributed by atoms with Crippen LogP contribution in [-0.2, 0) is 9.59 Å². The Morgan fingerprint density at radius 2 is 2.05 bits per heavy atom. The lowest BCUT2D eigenvalue weighted by Gasteiger charge is -2.21. The molecule has 0 saturated carbocycles. The molecule has 1 unspecified atom stereocenters. The van der Waals surface area contributed by atoms with Gasteiger partial charge in [0.2, 0.25) is 5.91 Å². The quantitative estimate of drug-likeness (QED) is 0.349. The molecule has 0 aromatic rings. The molecular formula is C15H28N2O4. The van der Waals surface area contributed by atoms with E-state index in [4.69, 9.17) is 5.11 Å². The van der Waals surface area contributed by atoms with Crippen LogP contribution in [0.15, 0.2) is 12.7 Å². The molecule has 3 N–H and O–H groups in total. The van der Waals surface area contributed by atoms with E-state index in [2.05, 4.69) is 11.9 Å². The van der Waals surface area contributed by atoms with E-state index >= 15 is 0 Å². The van der Waals surface area contributed by atoms with Crippen molar-refractivity contribution in [2.75, 3.05) is 26.2 Å². The van der Waals surface area contributed by atoms with Gasteiger partial charge in [-0.25, -0.2) is 0 Å². The van der Waals surface area contributed by atoms with E-state index in [9.17, 15) is 14.7 Å². The van der Waals surface area contributed by atoms with Gasteiger partial charge in [0.25, 0.3) is 0 Å². The highest BCUT2D eigenvalue weighted by Crippen LogP contribution is 2.03. The summed E-state index contributed by atoms with van der Waals surface area (Å²) in [4.78, 5) is 23.9. The van der Waals surface area contributed by atoms with Gasteiger partial charge >= 0.3 is 5.97 Å². The van der Waals surface area contributed by atoms with Crippen molar-refractivity contribution in [3.05, 3.63) is 12.7 Å². The van der Waals surface area contributed by atoms with Crippen molar-refractivity contribution in [2.45, 2.75) is 45.1 Å². The van der Waals surface area contributed by atoms with Gasteiger partial charge in [0.1, 0.15) is 0 Å². The minimum Gasteiger partial charge on any atom is -0.480 e. The van der Waals surface area contributed by atoms with Gasteiger partial charge in [-0.05, 0) is 26.2 Å². The van der Waals surface area contributed by atoms with E-state index < -0.39 is 12.1 Å². The van der Waals surface area contributed by atoms with Crippen LogP contribution >= 0.6 is 0 Å². The second-order valence-corrected chi connectivity index (χ2v) is 5.22. The summed E-state index contributed by atoms with van der Waals surface area (Å²) in [6.45, 7) is 6.21. The summed E-state index contributed by atoms with van der Waals surface area (Å²) in [7, 11) is 0. The molecule has 21 heavy (non-hydrogen) atoms. The van der Waals surface area contributed by atoms with Crippen LogP contribution in [0.1, 0.15) is 39.0 Å². The fourth-order valence-corrected chi connectivity index (χ4v) is 1.99. The summed E-state index contributed by atoms with van der Waals surface area (Å²) in [6, 6.07) is 0. The van der Waals surface area contributed by atoms with E-state index in [1.165, 1.54) is 0 Å². The van der Waals surface area contributed by atoms with E-state index in [-0.39, 0.29) is 19.0 Å². The topological polar surface area (TPSA) is 89.9 Å². The molecule has 0 spiro atoms. The van der Waals surface area contributed by atoms with Crippen molar-refractivity contribution in [1.82, 2.24) is 10.2 Å². The van der Waals surface area contributed by atoms with Gasteiger partial charge in [-0.15, -0.1) is 6.58 Å². The lowest BCUT2D eigenvalue weighted by Crippen LogP contribution is -2.40. The van der Waals surface area contributed by atoms with Crippen LogP contribution in [0.4, 0.5) is 0 Å². The summed E-state index contributed by atoms with van der Waals surface area (Å²) in [5, 5.41) is 20.9. The number of hydrogen-bond donors (Lipinski definition) is 3. The van der Waals surface area contributed by atoms with Gasteiger partial charge in [0.15, 0.2) is 0 Å². The zero-order valence-electron chi connectivity index (χ0n) is 12.9. The minimum absolute atomic E-state index is 0.0130. The first kappa shape index (κ1) is 19.6. The van der Waals surface area contributed by atoms with E-state index in [0.29, 0.717) is 19.5 Å². The molecule has 0 bridgehead atoms. The number of aliphatic hydroxyl groups is 1. The van der Waals surface area contributed by atoms with Gasteiger partial charge in [-0.2, -0.15) is 0 Å². The maximum absolute atomic E-state index is 11.6. The largest absolute Gasteiger partial charge is 0.480 e. The molecule has 0 rings (SSSR count). The predicted molar refractivity (Wildman–Crippen MR) is 82.0 cm³/mol. The number of carbonyl (C=O) groups excluding carboxylic acids is 1. The Labute approximate surface area is 126 Å². The summed E-state index contributed by atoms with van der Waals surface area (Å²) in [5.41, 5.74) is 0. The predicted octanol–water partition coefficient (Wildman–Crippen LogP) is 1.01. The van der Waals surface area contributed by atoms with E-state index in [1.807, 2.05) is 6.08 Å². The highest BCUT2D eigenvalue weighted by molar-refractivity contribution is 5.75. The number of aliphatic carboxylic acids is 1. The minimum atomic E-state index is -0.941. The summed E-state index contributed by atoms with van der Waals surface area (Å²) >= 11 is 0. The third-order valence-electron chi connectivity index (χ3n) is 2.94.